The van der Waals surface area contributed by atoms with Gasteiger partial charge in [-0.25, -0.2) is 8.78 Å². The molecule has 0 saturated carbocycles. The van der Waals surface area contributed by atoms with Crippen LogP contribution in [0, 0.1) is 11.6 Å². The average Bonchev–Trinajstić information content (AvgIpc) is 3.09. The van der Waals surface area contributed by atoms with Crippen LogP contribution in [0.1, 0.15) is 36.3 Å². The Kier molecular flexibility index (Phi) is 4.62. The smallest absolute Gasteiger partial charge is 0.230 e. The number of hydrogen-bond donors (Lipinski definition) is 0. The lowest BCUT2D eigenvalue weighted by atomic mass is 9.97. The standard InChI is InChI=1S/C21H21F2NO2/c22-15-5-7-16(8-6-15)26-17-10-12-24(13-11-17)21(25)18-9-4-14-2-1-3-19(23)20(14)18/h1-3,5-8,17-18H,4,9-13H2. The topological polar surface area (TPSA) is 29.5 Å². The number of carbonyl (C=O) groups is 1. The van der Waals surface area contributed by atoms with Gasteiger partial charge in [-0.3, -0.25) is 4.79 Å². The molecule has 1 fully saturated rings. The number of benzene rings is 2. The third-order valence-electron chi connectivity index (χ3n) is 5.36. The van der Waals surface area contributed by atoms with Gasteiger partial charge in [0, 0.05) is 31.5 Å². The van der Waals surface area contributed by atoms with Crippen LogP contribution in [0.2, 0.25) is 0 Å². The van der Waals surface area contributed by atoms with Gasteiger partial charge in [-0.15, -0.1) is 0 Å². The third kappa shape index (κ3) is 3.30. The van der Waals surface area contributed by atoms with Crippen LogP contribution in [-0.4, -0.2) is 30.0 Å². The number of rotatable bonds is 3. The lowest BCUT2D eigenvalue weighted by Crippen LogP contribution is -2.43. The molecule has 2 aliphatic rings. The number of piperidine rings is 1. The van der Waals surface area contributed by atoms with Crippen LogP contribution in [0.15, 0.2) is 42.5 Å². The van der Waals surface area contributed by atoms with Crippen molar-refractivity contribution in [2.24, 2.45) is 0 Å². The normalized spacial score (nSPS) is 20.1. The zero-order valence-electron chi connectivity index (χ0n) is 14.5. The van der Waals surface area contributed by atoms with Crippen LogP contribution in [-0.2, 0) is 11.2 Å². The minimum absolute atomic E-state index is 0.0112. The minimum atomic E-state index is -0.360. The van der Waals surface area contributed by atoms with Gasteiger partial charge in [-0.05, 0) is 48.7 Å². The summed E-state index contributed by atoms with van der Waals surface area (Å²) in [6.45, 7) is 1.20. The van der Waals surface area contributed by atoms with E-state index in [0.29, 0.717) is 30.8 Å². The van der Waals surface area contributed by atoms with Crippen LogP contribution in [0.25, 0.3) is 0 Å². The van der Waals surface area contributed by atoms with E-state index in [2.05, 4.69) is 0 Å². The molecule has 1 amide bonds. The second-order valence-electron chi connectivity index (χ2n) is 7.00. The molecule has 2 aromatic rings. The van der Waals surface area contributed by atoms with Crippen molar-refractivity contribution in [1.29, 1.82) is 0 Å². The van der Waals surface area contributed by atoms with E-state index in [9.17, 15) is 13.6 Å². The highest BCUT2D eigenvalue weighted by atomic mass is 19.1. The summed E-state index contributed by atoms with van der Waals surface area (Å²) in [7, 11) is 0. The van der Waals surface area contributed by atoms with E-state index in [4.69, 9.17) is 4.74 Å². The Morgan fingerprint density at radius 3 is 2.46 bits per heavy atom. The fraction of sp³-hybridized carbons (Fsp3) is 0.381. The molecule has 0 spiro atoms. The second kappa shape index (κ2) is 7.06. The summed E-state index contributed by atoms with van der Waals surface area (Å²) in [6, 6.07) is 11.0. The van der Waals surface area contributed by atoms with Gasteiger partial charge in [0.15, 0.2) is 0 Å². The molecular weight excluding hydrogens is 336 g/mol. The van der Waals surface area contributed by atoms with E-state index >= 15 is 0 Å². The number of aryl methyl sites for hydroxylation is 1. The molecule has 0 aromatic heterocycles. The van der Waals surface area contributed by atoms with E-state index < -0.39 is 0 Å². The molecule has 1 saturated heterocycles. The molecule has 1 aliphatic heterocycles. The predicted octanol–water partition coefficient (Wildman–Crippen LogP) is 4.06. The molecule has 3 nitrogen and oxygen atoms in total. The van der Waals surface area contributed by atoms with Gasteiger partial charge in [-0.2, -0.15) is 0 Å². The molecule has 1 heterocycles. The van der Waals surface area contributed by atoms with Crippen molar-refractivity contribution in [2.75, 3.05) is 13.1 Å². The van der Waals surface area contributed by atoms with Crippen LogP contribution in [0.4, 0.5) is 8.78 Å². The molecule has 2 aromatic carbocycles. The van der Waals surface area contributed by atoms with Crippen molar-refractivity contribution in [3.8, 4) is 5.75 Å². The molecule has 26 heavy (non-hydrogen) atoms. The van der Waals surface area contributed by atoms with Crippen LogP contribution < -0.4 is 4.74 Å². The van der Waals surface area contributed by atoms with E-state index in [1.807, 2.05) is 11.0 Å². The van der Waals surface area contributed by atoms with Crippen LogP contribution in [0.5, 0.6) is 5.75 Å². The summed E-state index contributed by atoms with van der Waals surface area (Å²) in [5.74, 6) is -0.257. The Morgan fingerprint density at radius 2 is 1.73 bits per heavy atom. The Morgan fingerprint density at radius 1 is 1.00 bits per heavy atom. The average molecular weight is 357 g/mol. The van der Waals surface area contributed by atoms with Crippen molar-refractivity contribution in [1.82, 2.24) is 4.90 Å². The highest BCUT2D eigenvalue weighted by molar-refractivity contribution is 5.85. The number of amides is 1. The molecule has 4 rings (SSSR count). The summed E-state index contributed by atoms with van der Waals surface area (Å²) in [6.07, 6.45) is 2.89. The Bertz CT molecular complexity index is 798. The number of halogens is 2. The molecule has 0 bridgehead atoms. The summed E-state index contributed by atoms with van der Waals surface area (Å²) in [4.78, 5) is 14.7. The summed E-state index contributed by atoms with van der Waals surface area (Å²) < 4.78 is 33.0. The number of likely N-dealkylation sites (tertiary alicyclic amines) is 1. The zero-order chi connectivity index (χ0) is 18.1. The quantitative estimate of drug-likeness (QED) is 0.829. The number of hydrogen-bond acceptors (Lipinski definition) is 2. The lowest BCUT2D eigenvalue weighted by molar-refractivity contribution is -0.134. The Hall–Kier alpha value is -2.43. The van der Waals surface area contributed by atoms with Gasteiger partial charge in [0.25, 0.3) is 0 Å². The first-order valence-corrected chi connectivity index (χ1v) is 9.10. The van der Waals surface area contributed by atoms with Gasteiger partial charge < -0.3 is 9.64 Å². The third-order valence-corrected chi connectivity index (χ3v) is 5.36. The number of nitrogens with zero attached hydrogens (tertiary/aromatic N) is 1. The fourth-order valence-corrected chi connectivity index (χ4v) is 4.00. The highest BCUT2D eigenvalue weighted by Gasteiger charge is 2.35. The summed E-state index contributed by atoms with van der Waals surface area (Å²) in [5.41, 5.74) is 1.54. The molecule has 136 valence electrons. The van der Waals surface area contributed by atoms with Crippen LogP contribution >= 0.6 is 0 Å². The molecule has 1 aliphatic carbocycles. The number of ether oxygens (including phenoxy) is 1. The maximum Gasteiger partial charge on any atom is 0.230 e. The SMILES string of the molecule is O=C(C1CCc2cccc(F)c21)N1CCC(Oc2ccc(F)cc2)CC1. The van der Waals surface area contributed by atoms with Crippen molar-refractivity contribution in [3.05, 3.63) is 65.2 Å². The predicted molar refractivity (Wildman–Crippen MR) is 94.1 cm³/mol. The second-order valence-corrected chi connectivity index (χ2v) is 7.00. The van der Waals surface area contributed by atoms with Gasteiger partial charge in [0.1, 0.15) is 23.5 Å². The zero-order valence-corrected chi connectivity index (χ0v) is 14.5. The number of carbonyl (C=O) groups excluding carboxylic acids is 1. The van der Waals surface area contributed by atoms with Crippen molar-refractivity contribution >= 4 is 5.91 Å². The van der Waals surface area contributed by atoms with Crippen LogP contribution in [0.3, 0.4) is 0 Å². The fourth-order valence-electron chi connectivity index (χ4n) is 4.00. The largest absolute Gasteiger partial charge is 0.490 e. The number of fused-ring (bicyclic) bond motifs is 1. The van der Waals surface area contributed by atoms with Gasteiger partial charge in [0.2, 0.25) is 5.91 Å². The van der Waals surface area contributed by atoms with Crippen molar-refractivity contribution in [3.63, 3.8) is 0 Å². The monoisotopic (exact) mass is 357 g/mol. The van der Waals surface area contributed by atoms with Gasteiger partial charge in [-0.1, -0.05) is 12.1 Å². The van der Waals surface area contributed by atoms with E-state index in [0.717, 1.165) is 24.8 Å². The van der Waals surface area contributed by atoms with Gasteiger partial charge >= 0.3 is 0 Å². The molecular formula is C21H21F2NO2. The molecule has 1 unspecified atom stereocenters. The highest BCUT2D eigenvalue weighted by Crippen LogP contribution is 2.36. The first-order valence-electron chi connectivity index (χ1n) is 9.10. The van der Waals surface area contributed by atoms with Crippen molar-refractivity contribution < 1.29 is 18.3 Å². The molecule has 0 N–H and O–H groups in total. The minimum Gasteiger partial charge on any atom is -0.490 e. The van der Waals surface area contributed by atoms with Gasteiger partial charge in [0.05, 0.1) is 5.92 Å². The maximum absolute atomic E-state index is 14.2. The summed E-state index contributed by atoms with van der Waals surface area (Å²) in [5, 5.41) is 0. The lowest BCUT2D eigenvalue weighted by Gasteiger charge is -2.34. The summed E-state index contributed by atoms with van der Waals surface area (Å²) >= 11 is 0. The Labute approximate surface area is 151 Å². The van der Waals surface area contributed by atoms with E-state index in [-0.39, 0.29) is 29.6 Å². The molecule has 5 heteroatoms. The molecule has 1 atom stereocenters. The van der Waals surface area contributed by atoms with E-state index in [1.54, 1.807) is 18.2 Å². The van der Waals surface area contributed by atoms with E-state index in [1.165, 1.54) is 18.2 Å². The maximum atomic E-state index is 14.2. The first kappa shape index (κ1) is 17.0. The Balaban J connectivity index is 1.37. The molecule has 0 radical (unpaired) electrons. The first-order chi connectivity index (χ1) is 12.6. The van der Waals surface area contributed by atoms with Crippen molar-refractivity contribution in [2.45, 2.75) is 37.7 Å².